The van der Waals surface area contributed by atoms with Crippen LogP contribution in [0.2, 0.25) is 5.02 Å². The van der Waals surface area contributed by atoms with Crippen molar-refractivity contribution in [2.24, 2.45) is 0 Å². The van der Waals surface area contributed by atoms with Crippen LogP contribution in [-0.2, 0) is 24.8 Å². The molecule has 1 aliphatic heterocycles. The van der Waals surface area contributed by atoms with Crippen LogP contribution in [0.5, 0.6) is 0 Å². The second-order valence-corrected chi connectivity index (χ2v) is 9.07. The molecule has 2 aromatic rings. The van der Waals surface area contributed by atoms with E-state index >= 15 is 0 Å². The van der Waals surface area contributed by atoms with E-state index in [-0.39, 0.29) is 18.7 Å². The van der Waals surface area contributed by atoms with E-state index in [1.807, 2.05) is 0 Å². The van der Waals surface area contributed by atoms with Gasteiger partial charge in [-0.25, -0.2) is 9.18 Å². The van der Waals surface area contributed by atoms with Gasteiger partial charge in [-0.1, -0.05) is 29.8 Å². The fourth-order valence-electron chi connectivity index (χ4n) is 4.42. The van der Waals surface area contributed by atoms with E-state index in [1.165, 1.54) is 44.4 Å². The molecule has 2 aromatic carbocycles. The number of hydrogen-bond acceptors (Lipinski definition) is 6. The van der Waals surface area contributed by atoms with Crippen molar-refractivity contribution in [2.45, 2.75) is 12.2 Å². The molecular weight excluding hydrogens is 505 g/mol. The third-order valence-electron chi connectivity index (χ3n) is 6.45. The molecule has 11 heteroatoms. The molecule has 1 aliphatic rings. The molecule has 0 bridgehead atoms. The van der Waals surface area contributed by atoms with Crippen LogP contribution in [-0.4, -0.2) is 94.1 Å². The number of anilines is 1. The summed E-state index contributed by atoms with van der Waals surface area (Å²) in [6, 6.07) is 10.7. The molecule has 0 atom stereocenters. The number of halogens is 2. The highest BCUT2D eigenvalue weighted by molar-refractivity contribution is 6.30. The Kier molecular flexibility index (Phi) is 10.2. The number of carboxylic acid groups (broad SMARTS) is 1. The van der Waals surface area contributed by atoms with Crippen molar-refractivity contribution in [3.05, 3.63) is 64.4 Å². The van der Waals surface area contributed by atoms with Gasteiger partial charge in [0, 0.05) is 58.0 Å². The molecule has 1 N–H and O–H groups in total. The summed E-state index contributed by atoms with van der Waals surface area (Å²) >= 11 is 6.29. The van der Waals surface area contributed by atoms with Crippen molar-refractivity contribution in [3.8, 4) is 0 Å². The molecule has 1 heterocycles. The Morgan fingerprint density at radius 2 is 1.81 bits per heavy atom. The van der Waals surface area contributed by atoms with Crippen LogP contribution < -0.4 is 4.90 Å². The quantitative estimate of drug-likeness (QED) is 0.438. The minimum atomic E-state index is -1.72. The summed E-state index contributed by atoms with van der Waals surface area (Å²) in [4.78, 5) is 29.8. The van der Waals surface area contributed by atoms with E-state index in [9.17, 15) is 19.1 Å². The molecule has 37 heavy (non-hydrogen) atoms. The third kappa shape index (κ3) is 6.77. The van der Waals surface area contributed by atoms with Gasteiger partial charge in [-0.3, -0.25) is 14.6 Å². The minimum Gasteiger partial charge on any atom is -0.465 e. The van der Waals surface area contributed by atoms with Crippen molar-refractivity contribution in [1.82, 2.24) is 9.80 Å². The molecule has 0 unspecified atom stereocenters. The number of methoxy groups -OCH3 is 2. The van der Waals surface area contributed by atoms with Crippen LogP contribution in [0.4, 0.5) is 14.9 Å². The number of nitrogens with zero attached hydrogens (tertiary/aromatic N) is 3. The average Bonchev–Trinajstić information content (AvgIpc) is 2.90. The number of rotatable bonds is 11. The van der Waals surface area contributed by atoms with Gasteiger partial charge in [0.1, 0.15) is 12.4 Å². The first-order chi connectivity index (χ1) is 17.7. The molecule has 0 aliphatic carbocycles. The van der Waals surface area contributed by atoms with E-state index in [4.69, 9.17) is 25.8 Å². The number of ether oxygens (including phenoxy) is 3. The van der Waals surface area contributed by atoms with Crippen molar-refractivity contribution >= 4 is 29.3 Å². The zero-order chi connectivity index (χ0) is 27.0. The highest BCUT2D eigenvalue weighted by Crippen LogP contribution is 2.41. The smallest absolute Gasteiger partial charge is 0.407 e. The van der Waals surface area contributed by atoms with Gasteiger partial charge in [0.2, 0.25) is 11.7 Å². The van der Waals surface area contributed by atoms with Gasteiger partial charge in [-0.05, 0) is 30.7 Å². The normalized spacial score (nSPS) is 14.4. The summed E-state index contributed by atoms with van der Waals surface area (Å²) in [5.41, 5.74) is 0.722. The topological polar surface area (TPSA) is 91.8 Å². The maximum atomic E-state index is 14.9. The average molecular weight is 538 g/mol. The monoisotopic (exact) mass is 537 g/mol. The van der Waals surface area contributed by atoms with Gasteiger partial charge in [0.25, 0.3) is 0 Å². The standard InChI is InChI=1S/C26H33ClFN3O6/c1-29(24(32)18-31(25(33)34)12-6-11-30-13-15-37-16-14-30)23-10-9-19(27)17-21(23)26(35-2,36-3)20-7-4-5-8-22(20)28/h4-5,7-10,17H,6,11-16,18H2,1-3H3,(H,33,34). The zero-order valence-corrected chi connectivity index (χ0v) is 22.0. The first-order valence-corrected chi connectivity index (χ1v) is 12.3. The van der Waals surface area contributed by atoms with Gasteiger partial charge >= 0.3 is 6.09 Å². The van der Waals surface area contributed by atoms with Crippen LogP contribution in [0.15, 0.2) is 42.5 Å². The number of carbonyl (C=O) groups excluding carboxylic acids is 1. The molecular formula is C26H33ClFN3O6. The SMILES string of the molecule is COC(OC)(c1ccccc1F)c1cc(Cl)ccc1N(C)C(=O)CN(CCCN1CCOCC1)C(=O)O. The summed E-state index contributed by atoms with van der Waals surface area (Å²) in [5.74, 6) is -2.76. The lowest BCUT2D eigenvalue weighted by molar-refractivity contribution is -0.185. The molecule has 0 saturated carbocycles. The van der Waals surface area contributed by atoms with Crippen molar-refractivity contribution < 1.29 is 33.3 Å². The zero-order valence-electron chi connectivity index (χ0n) is 21.3. The lowest BCUT2D eigenvalue weighted by Gasteiger charge is -2.35. The number of benzene rings is 2. The van der Waals surface area contributed by atoms with E-state index in [0.29, 0.717) is 42.5 Å². The van der Waals surface area contributed by atoms with Crippen LogP contribution >= 0.6 is 11.6 Å². The van der Waals surface area contributed by atoms with Crippen molar-refractivity contribution in [2.75, 3.05) is 72.1 Å². The number of likely N-dealkylation sites (N-methyl/N-ethyl adjacent to an activating group) is 1. The highest BCUT2D eigenvalue weighted by atomic mass is 35.5. The molecule has 0 radical (unpaired) electrons. The second-order valence-electron chi connectivity index (χ2n) is 8.63. The minimum absolute atomic E-state index is 0.0969. The molecule has 3 rings (SSSR count). The van der Waals surface area contributed by atoms with Crippen LogP contribution in [0.1, 0.15) is 17.5 Å². The number of carbonyl (C=O) groups is 2. The molecule has 1 saturated heterocycles. The number of morpholine rings is 1. The largest absolute Gasteiger partial charge is 0.465 e. The Balaban J connectivity index is 1.84. The fourth-order valence-corrected chi connectivity index (χ4v) is 4.59. The summed E-state index contributed by atoms with van der Waals surface area (Å²) in [5, 5.41) is 10.0. The Hall–Kier alpha value is -2.76. The van der Waals surface area contributed by atoms with Gasteiger partial charge in [-0.2, -0.15) is 0 Å². The predicted octanol–water partition coefficient (Wildman–Crippen LogP) is 3.64. The van der Waals surface area contributed by atoms with Gasteiger partial charge in [0.05, 0.1) is 24.5 Å². The number of hydrogen-bond donors (Lipinski definition) is 1. The van der Waals surface area contributed by atoms with E-state index in [0.717, 1.165) is 18.0 Å². The molecule has 2 amide bonds. The van der Waals surface area contributed by atoms with E-state index < -0.39 is 23.6 Å². The maximum absolute atomic E-state index is 14.9. The Labute approximate surface area is 221 Å². The summed E-state index contributed by atoms with van der Waals surface area (Å²) < 4.78 is 31.7. The Morgan fingerprint density at radius 3 is 2.43 bits per heavy atom. The van der Waals surface area contributed by atoms with E-state index in [1.54, 1.807) is 24.3 Å². The van der Waals surface area contributed by atoms with E-state index in [2.05, 4.69) is 4.90 Å². The Bertz CT molecular complexity index is 1080. The maximum Gasteiger partial charge on any atom is 0.407 e. The van der Waals surface area contributed by atoms with Crippen LogP contribution in [0.3, 0.4) is 0 Å². The second kappa shape index (κ2) is 13.2. The number of amides is 2. The summed E-state index contributed by atoms with van der Waals surface area (Å²) in [6.07, 6.45) is -0.603. The molecule has 1 fully saturated rings. The first-order valence-electron chi connectivity index (χ1n) is 11.9. The predicted molar refractivity (Wildman–Crippen MR) is 138 cm³/mol. The lowest BCUT2D eigenvalue weighted by atomic mass is 9.94. The molecule has 9 nitrogen and oxygen atoms in total. The van der Waals surface area contributed by atoms with Crippen LogP contribution in [0, 0.1) is 5.82 Å². The Morgan fingerprint density at radius 1 is 1.14 bits per heavy atom. The van der Waals surface area contributed by atoms with Gasteiger partial charge < -0.3 is 24.2 Å². The molecule has 202 valence electrons. The van der Waals surface area contributed by atoms with Crippen molar-refractivity contribution in [1.29, 1.82) is 0 Å². The summed E-state index contributed by atoms with van der Waals surface area (Å²) in [6.45, 7) is 3.48. The molecule has 0 aromatic heterocycles. The summed E-state index contributed by atoms with van der Waals surface area (Å²) in [7, 11) is 4.24. The van der Waals surface area contributed by atoms with Gasteiger partial charge in [-0.15, -0.1) is 0 Å². The lowest BCUT2D eigenvalue weighted by Crippen LogP contribution is -2.44. The van der Waals surface area contributed by atoms with Crippen LogP contribution in [0.25, 0.3) is 0 Å². The fraction of sp³-hybridized carbons (Fsp3) is 0.462. The van der Waals surface area contributed by atoms with Gasteiger partial charge in [0.15, 0.2) is 0 Å². The third-order valence-corrected chi connectivity index (χ3v) is 6.69. The highest BCUT2D eigenvalue weighted by Gasteiger charge is 2.40. The first kappa shape index (κ1) is 28.8. The molecule has 0 spiro atoms. The van der Waals surface area contributed by atoms with Crippen molar-refractivity contribution in [3.63, 3.8) is 0 Å².